The zero-order chi connectivity index (χ0) is 25.3. The monoisotopic (exact) mass is 620 g/mol. The molecule has 1 heterocycles. The second-order valence-electron chi connectivity index (χ2n) is 7.57. The smallest absolute Gasteiger partial charge is 0.335 e. The summed E-state index contributed by atoms with van der Waals surface area (Å²) in [5.41, 5.74) is 1.88. The highest BCUT2D eigenvalue weighted by Gasteiger charge is 2.37. The molecule has 0 spiro atoms. The van der Waals surface area contributed by atoms with E-state index in [1.807, 2.05) is 0 Å². The minimum Gasteiger partial charge on any atom is -0.487 e. The van der Waals surface area contributed by atoms with Gasteiger partial charge in [-0.25, -0.2) is 14.1 Å². The SMILES string of the molecule is Cc1c(Cl)cccc1N1C(=O)NC(=O)/C(=C\c2cc(Br)c(OCc3ccc(F)cc3)c(Br)c2)C1=O. The maximum Gasteiger partial charge on any atom is 0.335 e. The van der Waals surface area contributed by atoms with Crippen molar-refractivity contribution in [2.45, 2.75) is 13.5 Å². The van der Waals surface area contributed by atoms with Crippen LogP contribution in [0.25, 0.3) is 6.08 Å². The average molecular weight is 623 g/mol. The molecule has 0 aromatic heterocycles. The molecule has 0 atom stereocenters. The zero-order valence-electron chi connectivity index (χ0n) is 18.1. The van der Waals surface area contributed by atoms with Crippen LogP contribution >= 0.6 is 43.5 Å². The summed E-state index contributed by atoms with van der Waals surface area (Å²) in [6, 6.07) is 13.3. The molecule has 3 aromatic carbocycles. The molecular formula is C25H16Br2ClFN2O4. The highest BCUT2D eigenvalue weighted by molar-refractivity contribution is 9.11. The van der Waals surface area contributed by atoms with Gasteiger partial charge >= 0.3 is 6.03 Å². The first-order valence-electron chi connectivity index (χ1n) is 10.2. The fourth-order valence-corrected chi connectivity index (χ4v) is 5.04. The van der Waals surface area contributed by atoms with E-state index in [0.717, 1.165) is 10.5 Å². The molecule has 1 aliphatic rings. The Kier molecular flexibility index (Phi) is 7.39. The molecule has 0 unspecified atom stereocenters. The molecule has 1 N–H and O–H groups in total. The predicted octanol–water partition coefficient (Wildman–Crippen LogP) is 6.56. The van der Waals surface area contributed by atoms with Crippen molar-refractivity contribution in [2.75, 3.05) is 4.90 Å². The van der Waals surface area contributed by atoms with Crippen molar-refractivity contribution in [1.82, 2.24) is 5.32 Å². The summed E-state index contributed by atoms with van der Waals surface area (Å²) in [4.78, 5) is 39.1. The van der Waals surface area contributed by atoms with Gasteiger partial charge in [-0.15, -0.1) is 0 Å². The van der Waals surface area contributed by atoms with Crippen LogP contribution in [0.2, 0.25) is 5.02 Å². The van der Waals surface area contributed by atoms with Crippen LogP contribution in [-0.2, 0) is 16.2 Å². The van der Waals surface area contributed by atoms with Crippen LogP contribution in [0.1, 0.15) is 16.7 Å². The Morgan fingerprint density at radius 3 is 2.37 bits per heavy atom. The van der Waals surface area contributed by atoms with E-state index in [2.05, 4.69) is 37.2 Å². The second-order valence-corrected chi connectivity index (χ2v) is 9.69. The third-order valence-electron chi connectivity index (χ3n) is 5.21. The first-order valence-corrected chi connectivity index (χ1v) is 12.1. The number of rotatable bonds is 5. The largest absolute Gasteiger partial charge is 0.487 e. The van der Waals surface area contributed by atoms with Gasteiger partial charge in [0.2, 0.25) is 0 Å². The molecule has 6 nitrogen and oxygen atoms in total. The topological polar surface area (TPSA) is 75.7 Å². The van der Waals surface area contributed by atoms with E-state index in [1.165, 1.54) is 18.2 Å². The number of carbonyl (C=O) groups excluding carboxylic acids is 3. The fourth-order valence-electron chi connectivity index (χ4n) is 3.42. The van der Waals surface area contributed by atoms with Crippen molar-refractivity contribution in [3.05, 3.63) is 96.6 Å². The third-order valence-corrected chi connectivity index (χ3v) is 6.80. The second kappa shape index (κ2) is 10.3. The van der Waals surface area contributed by atoms with Crippen LogP contribution in [-0.4, -0.2) is 17.8 Å². The fraction of sp³-hybridized carbons (Fsp3) is 0.0800. The standard InChI is InChI=1S/C25H16Br2ClFN2O4/c1-13-20(28)3-2-4-21(13)31-24(33)17(23(32)30-25(31)34)9-15-10-18(26)22(19(27)11-15)35-12-14-5-7-16(29)8-6-14/h2-11H,12H2,1H3,(H,30,32,34)/b17-9+. The summed E-state index contributed by atoms with van der Waals surface area (Å²) in [6.45, 7) is 1.88. The number of halogens is 4. The van der Waals surface area contributed by atoms with Crippen molar-refractivity contribution in [1.29, 1.82) is 0 Å². The Labute approximate surface area is 222 Å². The number of barbiturate groups is 1. The number of benzene rings is 3. The van der Waals surface area contributed by atoms with Gasteiger partial charge in [0.25, 0.3) is 11.8 Å². The number of nitrogens with zero attached hydrogens (tertiary/aromatic N) is 1. The maximum atomic E-state index is 13.2. The van der Waals surface area contributed by atoms with Gasteiger partial charge in [-0.05, 0) is 97.9 Å². The number of imide groups is 2. The van der Waals surface area contributed by atoms with Crippen molar-refractivity contribution in [3.63, 3.8) is 0 Å². The van der Waals surface area contributed by atoms with E-state index >= 15 is 0 Å². The number of urea groups is 1. The molecule has 0 bridgehead atoms. The number of ether oxygens (including phenoxy) is 1. The highest BCUT2D eigenvalue weighted by Crippen LogP contribution is 2.36. The summed E-state index contributed by atoms with van der Waals surface area (Å²) >= 11 is 13.0. The van der Waals surface area contributed by atoms with Crippen molar-refractivity contribution in [2.24, 2.45) is 0 Å². The molecule has 0 aliphatic carbocycles. The molecule has 0 radical (unpaired) electrons. The van der Waals surface area contributed by atoms with Gasteiger partial charge in [-0.1, -0.05) is 29.8 Å². The Morgan fingerprint density at radius 1 is 1.06 bits per heavy atom. The molecular weight excluding hydrogens is 607 g/mol. The van der Waals surface area contributed by atoms with Gasteiger partial charge < -0.3 is 4.74 Å². The molecule has 10 heteroatoms. The lowest BCUT2D eigenvalue weighted by Crippen LogP contribution is -2.54. The summed E-state index contributed by atoms with van der Waals surface area (Å²) in [5.74, 6) is -1.42. The van der Waals surface area contributed by atoms with Crippen molar-refractivity contribution in [3.8, 4) is 5.75 Å². The van der Waals surface area contributed by atoms with Gasteiger partial charge in [0, 0.05) is 5.02 Å². The van der Waals surface area contributed by atoms with E-state index in [9.17, 15) is 18.8 Å². The Balaban J connectivity index is 1.63. The van der Waals surface area contributed by atoms with Gasteiger partial charge in [0.1, 0.15) is 23.7 Å². The Hall–Kier alpha value is -3.01. The number of hydrogen-bond acceptors (Lipinski definition) is 4. The lowest BCUT2D eigenvalue weighted by Gasteiger charge is -2.27. The minimum atomic E-state index is -0.852. The van der Waals surface area contributed by atoms with Gasteiger partial charge in [-0.3, -0.25) is 14.9 Å². The number of anilines is 1. The van der Waals surface area contributed by atoms with Crippen LogP contribution in [0.15, 0.2) is 69.1 Å². The maximum absolute atomic E-state index is 13.2. The van der Waals surface area contributed by atoms with Gasteiger partial charge in [-0.2, -0.15) is 0 Å². The minimum absolute atomic E-state index is 0.203. The predicted molar refractivity (Wildman–Crippen MR) is 138 cm³/mol. The van der Waals surface area contributed by atoms with E-state index in [-0.39, 0.29) is 23.7 Å². The molecule has 35 heavy (non-hydrogen) atoms. The lowest BCUT2D eigenvalue weighted by atomic mass is 10.1. The van der Waals surface area contributed by atoms with Crippen LogP contribution < -0.4 is 15.0 Å². The van der Waals surface area contributed by atoms with Crippen molar-refractivity contribution >= 4 is 73.1 Å². The van der Waals surface area contributed by atoms with E-state index in [4.69, 9.17) is 16.3 Å². The van der Waals surface area contributed by atoms with Gasteiger partial charge in [0.05, 0.1) is 14.6 Å². The van der Waals surface area contributed by atoms with E-state index in [1.54, 1.807) is 49.4 Å². The number of carbonyl (C=O) groups is 3. The number of nitrogens with one attached hydrogen (secondary N) is 1. The average Bonchev–Trinajstić information content (AvgIpc) is 2.80. The Bertz CT molecular complexity index is 1370. The van der Waals surface area contributed by atoms with Crippen LogP contribution in [0.3, 0.4) is 0 Å². The molecule has 1 saturated heterocycles. The van der Waals surface area contributed by atoms with E-state index < -0.39 is 17.8 Å². The molecule has 0 saturated carbocycles. The number of hydrogen-bond donors (Lipinski definition) is 1. The molecule has 1 aliphatic heterocycles. The molecule has 4 rings (SSSR count). The third kappa shape index (κ3) is 5.32. The quantitative estimate of drug-likeness (QED) is 0.259. The molecule has 4 amide bonds. The van der Waals surface area contributed by atoms with Crippen LogP contribution in [0.5, 0.6) is 5.75 Å². The van der Waals surface area contributed by atoms with E-state index in [0.29, 0.717) is 30.8 Å². The first kappa shape index (κ1) is 25.1. The lowest BCUT2D eigenvalue weighted by molar-refractivity contribution is -0.122. The Morgan fingerprint density at radius 2 is 1.71 bits per heavy atom. The summed E-state index contributed by atoms with van der Waals surface area (Å²) in [7, 11) is 0. The highest BCUT2D eigenvalue weighted by atomic mass is 79.9. The molecule has 1 fully saturated rings. The first-order chi connectivity index (χ1) is 16.7. The summed E-state index contributed by atoms with van der Waals surface area (Å²) in [6.07, 6.45) is 1.39. The normalized spacial score (nSPS) is 14.9. The molecule has 3 aromatic rings. The zero-order valence-corrected chi connectivity index (χ0v) is 22.0. The summed E-state index contributed by atoms with van der Waals surface area (Å²) in [5, 5.41) is 2.58. The number of amides is 4. The van der Waals surface area contributed by atoms with Crippen molar-refractivity contribution < 1.29 is 23.5 Å². The van der Waals surface area contributed by atoms with Crippen LogP contribution in [0, 0.1) is 12.7 Å². The van der Waals surface area contributed by atoms with Crippen LogP contribution in [0.4, 0.5) is 14.9 Å². The molecule has 178 valence electrons. The van der Waals surface area contributed by atoms with Gasteiger partial charge in [0.15, 0.2) is 0 Å². The summed E-state index contributed by atoms with van der Waals surface area (Å²) < 4.78 is 20.1.